The van der Waals surface area contributed by atoms with Gasteiger partial charge in [-0.25, -0.2) is 0 Å². The molecule has 0 aliphatic carbocycles. The van der Waals surface area contributed by atoms with Crippen molar-refractivity contribution >= 4 is 0 Å². The Labute approximate surface area is 145 Å². The van der Waals surface area contributed by atoms with Gasteiger partial charge < -0.3 is 15.2 Å². The number of hydrogen-bond donors (Lipinski definition) is 2. The molecule has 3 nitrogen and oxygen atoms in total. The fraction of sp³-hybridized carbons (Fsp3) is 0.429. The molecule has 0 fully saturated rings. The van der Waals surface area contributed by atoms with E-state index in [9.17, 15) is 5.11 Å². The summed E-state index contributed by atoms with van der Waals surface area (Å²) in [5.41, 5.74) is 4.77. The second-order valence-corrected chi connectivity index (χ2v) is 6.51. The van der Waals surface area contributed by atoms with Gasteiger partial charge in [0.2, 0.25) is 0 Å². The summed E-state index contributed by atoms with van der Waals surface area (Å²) < 4.78 is 5.78. The fourth-order valence-corrected chi connectivity index (χ4v) is 2.68. The average Bonchev–Trinajstić information content (AvgIpc) is 2.57. The highest BCUT2D eigenvalue weighted by Crippen LogP contribution is 2.20. The highest BCUT2D eigenvalue weighted by atomic mass is 16.5. The molecule has 3 heteroatoms. The number of rotatable bonds is 8. The Kier molecular flexibility index (Phi) is 6.83. The van der Waals surface area contributed by atoms with E-state index in [1.54, 1.807) is 0 Å². The van der Waals surface area contributed by atoms with Crippen LogP contribution in [0.4, 0.5) is 0 Å². The van der Waals surface area contributed by atoms with E-state index in [4.69, 9.17) is 4.74 Å². The number of nitrogens with one attached hydrogen (secondary N) is 1. The summed E-state index contributed by atoms with van der Waals surface area (Å²) in [6, 6.07) is 14.9. The van der Waals surface area contributed by atoms with Gasteiger partial charge in [0.15, 0.2) is 0 Å². The van der Waals surface area contributed by atoms with E-state index in [0.717, 1.165) is 23.3 Å². The summed E-state index contributed by atoms with van der Waals surface area (Å²) >= 11 is 0. The molecule has 0 aliphatic rings. The van der Waals surface area contributed by atoms with Crippen molar-refractivity contribution in [3.05, 3.63) is 64.7 Å². The van der Waals surface area contributed by atoms with Gasteiger partial charge in [0.05, 0.1) is 0 Å². The highest BCUT2D eigenvalue weighted by Gasteiger charge is 2.12. The van der Waals surface area contributed by atoms with Crippen LogP contribution in [0.1, 0.15) is 41.6 Å². The maximum Gasteiger partial charge on any atom is 0.122 e. The average molecular weight is 327 g/mol. The van der Waals surface area contributed by atoms with E-state index in [-0.39, 0.29) is 6.04 Å². The molecule has 130 valence electrons. The lowest BCUT2D eigenvalue weighted by atomic mass is 10.0. The Morgan fingerprint density at radius 2 is 1.67 bits per heavy atom. The zero-order valence-electron chi connectivity index (χ0n) is 15.2. The van der Waals surface area contributed by atoms with Crippen molar-refractivity contribution < 1.29 is 9.84 Å². The highest BCUT2D eigenvalue weighted by molar-refractivity contribution is 5.36. The topological polar surface area (TPSA) is 41.5 Å². The molecule has 0 saturated carbocycles. The van der Waals surface area contributed by atoms with Gasteiger partial charge >= 0.3 is 0 Å². The molecule has 0 aromatic heterocycles. The first-order chi connectivity index (χ1) is 11.5. The smallest absolute Gasteiger partial charge is 0.122 e. The molecule has 0 aliphatic heterocycles. The molecule has 2 aromatic carbocycles. The molecule has 0 radical (unpaired) electrons. The van der Waals surface area contributed by atoms with Crippen molar-refractivity contribution in [1.82, 2.24) is 5.32 Å². The minimum atomic E-state index is -0.538. The molecule has 0 heterocycles. The molecular weight excluding hydrogens is 298 g/mol. The predicted octanol–water partition coefficient (Wildman–Crippen LogP) is 4.09. The summed E-state index contributed by atoms with van der Waals surface area (Å²) in [5, 5.41) is 13.7. The van der Waals surface area contributed by atoms with Crippen molar-refractivity contribution in [2.45, 2.75) is 46.3 Å². The Bertz CT molecular complexity index is 637. The minimum Gasteiger partial charge on any atom is -0.491 e. The standard InChI is InChI=1S/C21H29NO2/c1-5-20(18-10-7-15(2)8-11-18)22-13-19(23)14-24-21-12-16(3)6-9-17(21)4/h6-12,19-20,22-23H,5,13-14H2,1-4H3. The van der Waals surface area contributed by atoms with Crippen LogP contribution in [-0.2, 0) is 0 Å². The number of benzene rings is 2. The van der Waals surface area contributed by atoms with Crippen LogP contribution in [0.3, 0.4) is 0 Å². The van der Waals surface area contributed by atoms with Crippen LogP contribution >= 0.6 is 0 Å². The molecule has 24 heavy (non-hydrogen) atoms. The van der Waals surface area contributed by atoms with Gasteiger partial charge in [-0.2, -0.15) is 0 Å². The zero-order valence-corrected chi connectivity index (χ0v) is 15.2. The number of ether oxygens (including phenoxy) is 1. The molecule has 2 N–H and O–H groups in total. The van der Waals surface area contributed by atoms with Crippen LogP contribution in [0.25, 0.3) is 0 Å². The van der Waals surface area contributed by atoms with Crippen LogP contribution in [0.2, 0.25) is 0 Å². The molecule has 2 rings (SSSR count). The number of hydrogen-bond acceptors (Lipinski definition) is 3. The number of aliphatic hydroxyl groups excluding tert-OH is 1. The van der Waals surface area contributed by atoms with Crippen molar-refractivity contribution in [2.24, 2.45) is 0 Å². The van der Waals surface area contributed by atoms with Gasteiger partial charge in [-0.3, -0.25) is 0 Å². The van der Waals surface area contributed by atoms with E-state index in [1.807, 2.05) is 26.0 Å². The van der Waals surface area contributed by atoms with Gasteiger partial charge in [-0.15, -0.1) is 0 Å². The second kappa shape index (κ2) is 8.86. The molecule has 0 amide bonds. The summed E-state index contributed by atoms with van der Waals surface area (Å²) in [7, 11) is 0. The number of aliphatic hydroxyl groups is 1. The fourth-order valence-electron chi connectivity index (χ4n) is 2.68. The van der Waals surface area contributed by atoms with Crippen molar-refractivity contribution in [1.29, 1.82) is 0 Å². The summed E-state index contributed by atoms with van der Waals surface area (Å²) in [5.74, 6) is 0.847. The van der Waals surface area contributed by atoms with Gasteiger partial charge in [0, 0.05) is 12.6 Å². The maximum atomic E-state index is 10.2. The van der Waals surface area contributed by atoms with Crippen LogP contribution in [0.5, 0.6) is 5.75 Å². The van der Waals surface area contributed by atoms with Gasteiger partial charge in [-0.05, 0) is 49.9 Å². The molecular formula is C21H29NO2. The van der Waals surface area contributed by atoms with E-state index in [1.165, 1.54) is 11.1 Å². The third-order valence-corrected chi connectivity index (χ3v) is 4.26. The second-order valence-electron chi connectivity index (χ2n) is 6.51. The van der Waals surface area contributed by atoms with Crippen molar-refractivity contribution in [3.8, 4) is 5.75 Å². The summed E-state index contributed by atoms with van der Waals surface area (Å²) in [6.07, 6.45) is 0.442. The van der Waals surface area contributed by atoms with E-state index < -0.39 is 6.10 Å². The molecule has 0 spiro atoms. The molecule has 0 bridgehead atoms. The Morgan fingerprint density at radius 3 is 2.33 bits per heavy atom. The Balaban J connectivity index is 1.84. The first-order valence-corrected chi connectivity index (χ1v) is 8.67. The normalized spacial score (nSPS) is 13.5. The molecule has 2 aromatic rings. The Morgan fingerprint density at radius 1 is 1.00 bits per heavy atom. The van der Waals surface area contributed by atoms with Crippen molar-refractivity contribution in [3.63, 3.8) is 0 Å². The SMILES string of the molecule is CCC(NCC(O)COc1cc(C)ccc1C)c1ccc(C)cc1. The zero-order chi connectivity index (χ0) is 17.5. The van der Waals surface area contributed by atoms with E-state index in [0.29, 0.717) is 13.2 Å². The predicted molar refractivity (Wildman–Crippen MR) is 99.6 cm³/mol. The first-order valence-electron chi connectivity index (χ1n) is 8.67. The third kappa shape index (κ3) is 5.36. The summed E-state index contributed by atoms with van der Waals surface area (Å²) in [6.45, 7) is 9.10. The van der Waals surface area contributed by atoms with Crippen LogP contribution in [-0.4, -0.2) is 24.4 Å². The number of aryl methyl sites for hydroxylation is 3. The monoisotopic (exact) mass is 327 g/mol. The van der Waals surface area contributed by atoms with Gasteiger partial charge in [0.25, 0.3) is 0 Å². The lowest BCUT2D eigenvalue weighted by Crippen LogP contribution is -2.33. The molecule has 2 unspecified atom stereocenters. The van der Waals surface area contributed by atoms with Crippen LogP contribution in [0.15, 0.2) is 42.5 Å². The Hall–Kier alpha value is -1.84. The van der Waals surface area contributed by atoms with E-state index in [2.05, 4.69) is 49.5 Å². The van der Waals surface area contributed by atoms with Crippen LogP contribution in [0, 0.1) is 20.8 Å². The molecule has 2 atom stereocenters. The van der Waals surface area contributed by atoms with Gasteiger partial charge in [0.1, 0.15) is 18.5 Å². The lowest BCUT2D eigenvalue weighted by Gasteiger charge is -2.20. The summed E-state index contributed by atoms with van der Waals surface area (Å²) in [4.78, 5) is 0. The van der Waals surface area contributed by atoms with Crippen molar-refractivity contribution in [2.75, 3.05) is 13.2 Å². The molecule has 0 saturated heterocycles. The first kappa shape index (κ1) is 18.5. The quantitative estimate of drug-likeness (QED) is 0.767. The minimum absolute atomic E-state index is 0.251. The largest absolute Gasteiger partial charge is 0.491 e. The van der Waals surface area contributed by atoms with Gasteiger partial charge in [-0.1, -0.05) is 48.9 Å². The van der Waals surface area contributed by atoms with E-state index >= 15 is 0 Å². The third-order valence-electron chi connectivity index (χ3n) is 4.26. The van der Waals surface area contributed by atoms with Crippen LogP contribution < -0.4 is 10.1 Å². The lowest BCUT2D eigenvalue weighted by molar-refractivity contribution is 0.103. The maximum absolute atomic E-state index is 10.2.